The topological polar surface area (TPSA) is 30.2 Å². The molecule has 3 nitrogen and oxygen atoms in total. The molecule has 0 aliphatic carbocycles. The van der Waals surface area contributed by atoms with Gasteiger partial charge >= 0.3 is 0 Å². The fourth-order valence-corrected chi connectivity index (χ4v) is 1.43. The van der Waals surface area contributed by atoms with Crippen LogP contribution in [-0.2, 0) is 0 Å². The Balaban J connectivity index is 2.58. The minimum Gasteiger partial charge on any atom is -0.221 e. The molecule has 0 fully saturated rings. The van der Waals surface area contributed by atoms with Gasteiger partial charge in [-0.15, -0.1) is 0 Å². The maximum absolute atomic E-state index is 13.6. The second kappa shape index (κ2) is 3.36. The van der Waals surface area contributed by atoms with Crippen LogP contribution in [-0.4, -0.2) is 14.6 Å². The van der Waals surface area contributed by atoms with Gasteiger partial charge in [-0.2, -0.15) is 5.10 Å². The third-order valence-electron chi connectivity index (χ3n) is 2.54. The van der Waals surface area contributed by atoms with Gasteiger partial charge in [-0.05, 0) is 12.3 Å². The van der Waals surface area contributed by atoms with E-state index in [0.717, 1.165) is 6.42 Å². The van der Waals surface area contributed by atoms with Crippen molar-refractivity contribution in [3.63, 3.8) is 0 Å². The summed E-state index contributed by atoms with van der Waals surface area (Å²) in [6, 6.07) is 1.43. The molecule has 0 amide bonds. The minimum atomic E-state index is -0.195. The maximum Gasteiger partial charge on any atom is 0.158 e. The third kappa shape index (κ3) is 1.36. The van der Waals surface area contributed by atoms with Crippen molar-refractivity contribution in [2.24, 2.45) is 0 Å². The fraction of sp³-hybridized carbons (Fsp3) is 0.400. The summed E-state index contributed by atoms with van der Waals surface area (Å²) in [5.74, 6) is 0.0171. The number of pyridine rings is 1. The molecule has 2 rings (SSSR count). The van der Waals surface area contributed by atoms with E-state index in [1.807, 2.05) is 13.8 Å². The number of nitrogens with zero attached hydrogens (tertiary/aromatic N) is 3. The first kappa shape index (κ1) is 9.12. The molecule has 0 N–H and O–H groups in total. The zero-order valence-electron chi connectivity index (χ0n) is 8.24. The lowest BCUT2D eigenvalue weighted by Crippen LogP contribution is -2.00. The van der Waals surface area contributed by atoms with Gasteiger partial charge in [0.05, 0.1) is 0 Å². The van der Waals surface area contributed by atoms with E-state index in [1.165, 1.54) is 12.4 Å². The van der Waals surface area contributed by atoms with Crippen LogP contribution in [0.1, 0.15) is 31.7 Å². The number of aromatic nitrogens is 3. The van der Waals surface area contributed by atoms with Gasteiger partial charge < -0.3 is 0 Å². The Morgan fingerprint density at radius 1 is 1.57 bits per heavy atom. The van der Waals surface area contributed by atoms with Crippen LogP contribution < -0.4 is 0 Å². The SMILES string of the molecule is CCC(C)c1cn2ncnc2cc1F. The Labute approximate surface area is 81.6 Å². The van der Waals surface area contributed by atoms with Crippen LogP contribution in [0, 0.1) is 5.82 Å². The van der Waals surface area contributed by atoms with Crippen molar-refractivity contribution < 1.29 is 4.39 Å². The van der Waals surface area contributed by atoms with E-state index in [2.05, 4.69) is 10.1 Å². The van der Waals surface area contributed by atoms with Gasteiger partial charge in [-0.25, -0.2) is 13.9 Å². The van der Waals surface area contributed by atoms with Crippen molar-refractivity contribution in [2.75, 3.05) is 0 Å². The molecule has 2 aromatic rings. The van der Waals surface area contributed by atoms with Crippen LogP contribution in [0.2, 0.25) is 0 Å². The summed E-state index contributed by atoms with van der Waals surface area (Å²) >= 11 is 0. The molecule has 0 aliphatic rings. The number of rotatable bonds is 2. The first-order valence-corrected chi connectivity index (χ1v) is 4.71. The number of hydrogen-bond donors (Lipinski definition) is 0. The molecule has 2 heterocycles. The molecule has 0 spiro atoms. The molecule has 1 unspecified atom stereocenters. The normalized spacial score (nSPS) is 13.4. The second-order valence-corrected chi connectivity index (χ2v) is 3.45. The van der Waals surface area contributed by atoms with Crippen molar-refractivity contribution >= 4 is 5.65 Å². The van der Waals surface area contributed by atoms with Gasteiger partial charge in [0.1, 0.15) is 12.1 Å². The highest BCUT2D eigenvalue weighted by atomic mass is 19.1. The van der Waals surface area contributed by atoms with E-state index in [-0.39, 0.29) is 11.7 Å². The summed E-state index contributed by atoms with van der Waals surface area (Å²) in [7, 11) is 0. The Hall–Kier alpha value is -1.45. The highest BCUT2D eigenvalue weighted by molar-refractivity contribution is 5.39. The van der Waals surface area contributed by atoms with E-state index in [4.69, 9.17) is 0 Å². The van der Waals surface area contributed by atoms with Gasteiger partial charge in [-0.3, -0.25) is 0 Å². The minimum absolute atomic E-state index is 0.195. The highest BCUT2D eigenvalue weighted by Gasteiger charge is 2.11. The summed E-state index contributed by atoms with van der Waals surface area (Å²) in [5.41, 5.74) is 1.25. The van der Waals surface area contributed by atoms with Gasteiger partial charge in [0.2, 0.25) is 0 Å². The third-order valence-corrected chi connectivity index (χ3v) is 2.54. The first-order valence-electron chi connectivity index (χ1n) is 4.71. The van der Waals surface area contributed by atoms with Crippen molar-refractivity contribution in [2.45, 2.75) is 26.2 Å². The molecule has 0 saturated carbocycles. The quantitative estimate of drug-likeness (QED) is 0.733. The van der Waals surface area contributed by atoms with Crippen molar-refractivity contribution in [3.05, 3.63) is 30.0 Å². The van der Waals surface area contributed by atoms with Crippen molar-refractivity contribution in [1.82, 2.24) is 14.6 Å². The van der Waals surface area contributed by atoms with Crippen LogP contribution in [0.25, 0.3) is 5.65 Å². The smallest absolute Gasteiger partial charge is 0.158 e. The van der Waals surface area contributed by atoms with Gasteiger partial charge in [0, 0.05) is 17.8 Å². The van der Waals surface area contributed by atoms with E-state index >= 15 is 0 Å². The summed E-state index contributed by atoms with van der Waals surface area (Å²) in [6.45, 7) is 4.04. The Morgan fingerprint density at radius 2 is 2.36 bits per heavy atom. The lowest BCUT2D eigenvalue weighted by molar-refractivity contribution is 0.578. The summed E-state index contributed by atoms with van der Waals surface area (Å²) in [6.07, 6.45) is 4.05. The van der Waals surface area contributed by atoms with Crippen molar-refractivity contribution in [1.29, 1.82) is 0 Å². The van der Waals surface area contributed by atoms with Gasteiger partial charge in [0.15, 0.2) is 5.65 Å². The van der Waals surface area contributed by atoms with Crippen molar-refractivity contribution in [3.8, 4) is 0 Å². The molecule has 0 radical (unpaired) electrons. The monoisotopic (exact) mass is 193 g/mol. The molecular formula is C10H12FN3. The van der Waals surface area contributed by atoms with Crippen LogP contribution in [0.3, 0.4) is 0 Å². The number of halogens is 1. The molecule has 2 aromatic heterocycles. The average molecular weight is 193 g/mol. The van der Waals surface area contributed by atoms with E-state index < -0.39 is 0 Å². The maximum atomic E-state index is 13.6. The molecule has 0 bridgehead atoms. The van der Waals surface area contributed by atoms with E-state index in [0.29, 0.717) is 11.2 Å². The molecule has 4 heteroatoms. The standard InChI is InChI=1S/C10H12FN3/c1-3-7(2)8-5-14-10(4-9(8)11)12-6-13-14/h4-7H,3H2,1-2H3. The van der Waals surface area contributed by atoms with Crippen LogP contribution in [0.5, 0.6) is 0 Å². The lowest BCUT2D eigenvalue weighted by Gasteiger charge is -2.09. The molecule has 0 aliphatic heterocycles. The van der Waals surface area contributed by atoms with Crippen LogP contribution >= 0.6 is 0 Å². The Kier molecular flexibility index (Phi) is 2.19. The van der Waals surface area contributed by atoms with E-state index in [9.17, 15) is 4.39 Å². The molecule has 14 heavy (non-hydrogen) atoms. The molecule has 74 valence electrons. The molecule has 0 aromatic carbocycles. The number of fused-ring (bicyclic) bond motifs is 1. The highest BCUT2D eigenvalue weighted by Crippen LogP contribution is 2.21. The summed E-state index contributed by atoms with van der Waals surface area (Å²) in [4.78, 5) is 3.92. The summed E-state index contributed by atoms with van der Waals surface area (Å²) < 4.78 is 15.2. The van der Waals surface area contributed by atoms with E-state index in [1.54, 1.807) is 10.7 Å². The van der Waals surface area contributed by atoms with Gasteiger partial charge in [-0.1, -0.05) is 13.8 Å². The largest absolute Gasteiger partial charge is 0.221 e. The van der Waals surface area contributed by atoms with Crippen LogP contribution in [0.4, 0.5) is 4.39 Å². The predicted molar refractivity (Wildman–Crippen MR) is 51.7 cm³/mol. The molecule has 1 atom stereocenters. The molecular weight excluding hydrogens is 181 g/mol. The Bertz CT molecular complexity index is 450. The molecule has 0 saturated heterocycles. The Morgan fingerprint density at radius 3 is 3.07 bits per heavy atom. The zero-order valence-corrected chi connectivity index (χ0v) is 8.24. The predicted octanol–water partition coefficient (Wildman–Crippen LogP) is 2.38. The first-order chi connectivity index (χ1) is 6.72. The number of hydrogen-bond acceptors (Lipinski definition) is 2. The average Bonchev–Trinajstić information content (AvgIpc) is 2.62. The summed E-state index contributed by atoms with van der Waals surface area (Å²) in [5, 5.41) is 3.98. The lowest BCUT2D eigenvalue weighted by atomic mass is 10.0. The fourth-order valence-electron chi connectivity index (χ4n) is 1.43. The zero-order chi connectivity index (χ0) is 10.1. The second-order valence-electron chi connectivity index (χ2n) is 3.45. The van der Waals surface area contributed by atoms with Crippen LogP contribution in [0.15, 0.2) is 18.6 Å². The van der Waals surface area contributed by atoms with Gasteiger partial charge in [0.25, 0.3) is 0 Å².